The van der Waals surface area contributed by atoms with Gasteiger partial charge < -0.3 is 9.47 Å². The Balaban J connectivity index is 2.05. The molecule has 14 heavy (non-hydrogen) atoms. The predicted molar refractivity (Wildman–Crippen MR) is 54.0 cm³/mol. The zero-order valence-electron chi connectivity index (χ0n) is 9.12. The first-order valence-corrected chi connectivity index (χ1v) is 5.44. The van der Waals surface area contributed by atoms with E-state index in [9.17, 15) is 4.79 Å². The maximum atomic E-state index is 10.9. The Bertz CT molecular complexity index is 173. The minimum atomic E-state index is -0.0251. The predicted octanol–water partition coefficient (Wildman–Crippen LogP) is 2.14. The van der Waals surface area contributed by atoms with Crippen LogP contribution in [0.25, 0.3) is 0 Å². The molecule has 1 aliphatic heterocycles. The molecule has 1 fully saturated rings. The van der Waals surface area contributed by atoms with Gasteiger partial charge in [-0.25, -0.2) is 0 Å². The minimum absolute atomic E-state index is 0.0251. The number of ether oxygens (including phenoxy) is 2. The van der Waals surface area contributed by atoms with Crippen LogP contribution in [-0.2, 0) is 14.3 Å². The average molecular weight is 200 g/mol. The Morgan fingerprint density at radius 1 is 1.57 bits per heavy atom. The second-order valence-corrected chi connectivity index (χ2v) is 3.97. The summed E-state index contributed by atoms with van der Waals surface area (Å²) >= 11 is 0. The highest BCUT2D eigenvalue weighted by atomic mass is 16.7. The van der Waals surface area contributed by atoms with E-state index < -0.39 is 0 Å². The van der Waals surface area contributed by atoms with Crippen molar-refractivity contribution in [2.75, 3.05) is 13.2 Å². The van der Waals surface area contributed by atoms with Gasteiger partial charge in [-0.3, -0.25) is 4.79 Å². The standard InChI is InChI=1S/C11H20O3/c1-9(10(2)12)6-8-14-11-5-3-4-7-13-11/h9,11H,3-8H2,1-2H3. The van der Waals surface area contributed by atoms with Gasteiger partial charge >= 0.3 is 0 Å². The maximum absolute atomic E-state index is 10.9. The van der Waals surface area contributed by atoms with E-state index in [1.54, 1.807) is 6.92 Å². The van der Waals surface area contributed by atoms with Crippen molar-refractivity contribution in [2.45, 2.75) is 45.8 Å². The molecule has 0 bridgehead atoms. The molecule has 2 atom stereocenters. The van der Waals surface area contributed by atoms with E-state index in [2.05, 4.69) is 0 Å². The summed E-state index contributed by atoms with van der Waals surface area (Å²) in [5.74, 6) is 0.344. The Morgan fingerprint density at radius 3 is 2.93 bits per heavy atom. The lowest BCUT2D eigenvalue weighted by Crippen LogP contribution is -2.23. The fourth-order valence-corrected chi connectivity index (χ4v) is 1.42. The lowest BCUT2D eigenvalue weighted by atomic mass is 10.1. The quantitative estimate of drug-likeness (QED) is 0.682. The van der Waals surface area contributed by atoms with Gasteiger partial charge in [0.15, 0.2) is 6.29 Å². The Morgan fingerprint density at radius 2 is 2.36 bits per heavy atom. The van der Waals surface area contributed by atoms with E-state index >= 15 is 0 Å². The van der Waals surface area contributed by atoms with Crippen LogP contribution in [0.5, 0.6) is 0 Å². The summed E-state index contributed by atoms with van der Waals surface area (Å²) in [5.41, 5.74) is 0. The van der Waals surface area contributed by atoms with Crippen LogP contribution < -0.4 is 0 Å². The van der Waals surface area contributed by atoms with Gasteiger partial charge in [0.2, 0.25) is 0 Å². The summed E-state index contributed by atoms with van der Waals surface area (Å²) < 4.78 is 10.9. The van der Waals surface area contributed by atoms with Crippen LogP contribution in [0, 0.1) is 5.92 Å². The Labute approximate surface area is 85.8 Å². The molecule has 1 saturated heterocycles. The van der Waals surface area contributed by atoms with E-state index in [-0.39, 0.29) is 18.0 Å². The first kappa shape index (κ1) is 11.7. The molecular weight excluding hydrogens is 180 g/mol. The molecule has 1 aliphatic rings. The first-order chi connectivity index (χ1) is 6.70. The van der Waals surface area contributed by atoms with Crippen LogP contribution in [0.2, 0.25) is 0 Å². The molecule has 0 amide bonds. The molecule has 0 spiro atoms. The van der Waals surface area contributed by atoms with Crippen molar-refractivity contribution in [1.29, 1.82) is 0 Å². The molecule has 0 aromatic rings. The Hall–Kier alpha value is -0.410. The molecule has 1 heterocycles. The van der Waals surface area contributed by atoms with Crippen molar-refractivity contribution in [3.05, 3.63) is 0 Å². The number of Topliss-reactive ketones (excluding diaryl/α,β-unsaturated/α-hetero) is 1. The SMILES string of the molecule is CC(=O)C(C)CCOC1CCCCO1. The summed E-state index contributed by atoms with van der Waals surface area (Å²) in [6, 6.07) is 0. The van der Waals surface area contributed by atoms with Crippen LogP contribution in [0.3, 0.4) is 0 Å². The zero-order valence-corrected chi connectivity index (χ0v) is 9.12. The van der Waals surface area contributed by atoms with Gasteiger partial charge in [-0.2, -0.15) is 0 Å². The highest BCUT2D eigenvalue weighted by molar-refractivity contribution is 5.77. The number of ketones is 1. The molecule has 0 aromatic carbocycles. The van der Waals surface area contributed by atoms with Crippen LogP contribution in [0.15, 0.2) is 0 Å². The highest BCUT2D eigenvalue weighted by Gasteiger charge is 2.14. The van der Waals surface area contributed by atoms with Gasteiger partial charge in [0.25, 0.3) is 0 Å². The van der Waals surface area contributed by atoms with E-state index in [1.165, 1.54) is 6.42 Å². The number of hydrogen-bond donors (Lipinski definition) is 0. The number of rotatable bonds is 5. The molecule has 0 aromatic heterocycles. The summed E-state index contributed by atoms with van der Waals surface area (Å²) in [6.45, 7) is 5.01. The fraction of sp³-hybridized carbons (Fsp3) is 0.909. The summed E-state index contributed by atoms with van der Waals surface area (Å²) in [5, 5.41) is 0. The van der Waals surface area contributed by atoms with Crippen molar-refractivity contribution >= 4 is 5.78 Å². The molecule has 2 unspecified atom stereocenters. The third kappa shape index (κ3) is 4.20. The molecule has 3 heteroatoms. The summed E-state index contributed by atoms with van der Waals surface area (Å²) in [7, 11) is 0. The number of carbonyl (C=O) groups is 1. The topological polar surface area (TPSA) is 35.5 Å². The van der Waals surface area contributed by atoms with Gasteiger partial charge in [-0.05, 0) is 32.6 Å². The fourth-order valence-electron chi connectivity index (χ4n) is 1.42. The van der Waals surface area contributed by atoms with Crippen molar-refractivity contribution in [1.82, 2.24) is 0 Å². The third-order valence-electron chi connectivity index (χ3n) is 2.69. The lowest BCUT2D eigenvalue weighted by molar-refractivity contribution is -0.164. The maximum Gasteiger partial charge on any atom is 0.157 e. The van der Waals surface area contributed by atoms with Crippen molar-refractivity contribution in [3.63, 3.8) is 0 Å². The van der Waals surface area contributed by atoms with E-state index in [0.717, 1.165) is 25.9 Å². The summed E-state index contributed by atoms with van der Waals surface area (Å²) in [4.78, 5) is 10.9. The number of hydrogen-bond acceptors (Lipinski definition) is 3. The second-order valence-electron chi connectivity index (χ2n) is 3.97. The smallest absolute Gasteiger partial charge is 0.157 e. The van der Waals surface area contributed by atoms with Crippen LogP contribution in [0.4, 0.5) is 0 Å². The van der Waals surface area contributed by atoms with Crippen LogP contribution in [0.1, 0.15) is 39.5 Å². The zero-order chi connectivity index (χ0) is 10.4. The summed E-state index contributed by atoms with van der Waals surface area (Å²) in [6.07, 6.45) is 4.10. The minimum Gasteiger partial charge on any atom is -0.353 e. The molecule has 0 saturated carbocycles. The average Bonchev–Trinajstić information content (AvgIpc) is 2.19. The van der Waals surface area contributed by atoms with Crippen LogP contribution in [-0.4, -0.2) is 25.3 Å². The van der Waals surface area contributed by atoms with Gasteiger partial charge in [0.1, 0.15) is 5.78 Å². The molecule has 82 valence electrons. The highest BCUT2D eigenvalue weighted by Crippen LogP contribution is 2.14. The van der Waals surface area contributed by atoms with Gasteiger partial charge in [-0.1, -0.05) is 6.92 Å². The normalized spacial score (nSPS) is 24.6. The number of carbonyl (C=O) groups excluding carboxylic acids is 1. The largest absolute Gasteiger partial charge is 0.353 e. The first-order valence-electron chi connectivity index (χ1n) is 5.44. The molecule has 0 radical (unpaired) electrons. The third-order valence-corrected chi connectivity index (χ3v) is 2.69. The van der Waals surface area contributed by atoms with Gasteiger partial charge in [-0.15, -0.1) is 0 Å². The van der Waals surface area contributed by atoms with Gasteiger partial charge in [0, 0.05) is 12.5 Å². The van der Waals surface area contributed by atoms with E-state index in [4.69, 9.17) is 9.47 Å². The van der Waals surface area contributed by atoms with Crippen molar-refractivity contribution < 1.29 is 14.3 Å². The molecule has 0 aliphatic carbocycles. The lowest BCUT2D eigenvalue weighted by Gasteiger charge is -2.23. The van der Waals surface area contributed by atoms with Crippen molar-refractivity contribution in [3.8, 4) is 0 Å². The van der Waals surface area contributed by atoms with Crippen molar-refractivity contribution in [2.24, 2.45) is 5.92 Å². The molecular formula is C11H20O3. The van der Waals surface area contributed by atoms with Crippen LogP contribution >= 0.6 is 0 Å². The van der Waals surface area contributed by atoms with E-state index in [1.807, 2.05) is 6.92 Å². The Kier molecular flexibility index (Phi) is 5.12. The van der Waals surface area contributed by atoms with Gasteiger partial charge in [0.05, 0.1) is 6.61 Å². The second kappa shape index (κ2) is 6.14. The molecule has 3 nitrogen and oxygen atoms in total. The monoisotopic (exact) mass is 200 g/mol. The molecule has 1 rings (SSSR count). The molecule has 0 N–H and O–H groups in total. The van der Waals surface area contributed by atoms with E-state index in [0.29, 0.717) is 6.61 Å².